The van der Waals surface area contributed by atoms with E-state index in [-0.39, 0.29) is 5.91 Å². The van der Waals surface area contributed by atoms with Crippen molar-refractivity contribution in [2.75, 3.05) is 4.90 Å². The SMILES string of the molecule is CC(=O)N(Cc1nnc2c3ccccc3c(C)nn12)c1ccccc1. The summed E-state index contributed by atoms with van der Waals surface area (Å²) < 4.78 is 1.73. The van der Waals surface area contributed by atoms with Crippen molar-refractivity contribution in [2.45, 2.75) is 20.4 Å². The zero-order valence-corrected chi connectivity index (χ0v) is 14.0. The molecule has 1 amide bonds. The summed E-state index contributed by atoms with van der Waals surface area (Å²) in [7, 11) is 0. The summed E-state index contributed by atoms with van der Waals surface area (Å²) in [5, 5.41) is 15.3. The molecule has 0 radical (unpaired) electrons. The van der Waals surface area contributed by atoms with Crippen molar-refractivity contribution < 1.29 is 4.79 Å². The lowest BCUT2D eigenvalue weighted by molar-refractivity contribution is -0.116. The first-order chi connectivity index (χ1) is 12.1. The number of para-hydroxylation sites is 1. The third-order valence-corrected chi connectivity index (χ3v) is 4.26. The van der Waals surface area contributed by atoms with Gasteiger partial charge in [-0.05, 0) is 19.1 Å². The molecule has 25 heavy (non-hydrogen) atoms. The zero-order valence-electron chi connectivity index (χ0n) is 14.0. The van der Waals surface area contributed by atoms with Crippen LogP contribution in [0.2, 0.25) is 0 Å². The number of aryl methyl sites for hydroxylation is 1. The molecule has 0 aliphatic rings. The highest BCUT2D eigenvalue weighted by Gasteiger charge is 2.18. The number of hydrogen-bond acceptors (Lipinski definition) is 4. The van der Waals surface area contributed by atoms with Crippen molar-refractivity contribution in [1.82, 2.24) is 19.8 Å². The minimum absolute atomic E-state index is 0.0551. The average Bonchev–Trinajstić information content (AvgIpc) is 3.03. The fourth-order valence-electron chi connectivity index (χ4n) is 3.01. The summed E-state index contributed by atoms with van der Waals surface area (Å²) >= 11 is 0. The molecule has 0 aliphatic heterocycles. The van der Waals surface area contributed by atoms with Crippen molar-refractivity contribution in [3.8, 4) is 0 Å². The number of rotatable bonds is 3. The van der Waals surface area contributed by atoms with E-state index >= 15 is 0 Å². The lowest BCUT2D eigenvalue weighted by atomic mass is 10.1. The summed E-state index contributed by atoms with van der Waals surface area (Å²) in [5.74, 6) is 0.573. The Kier molecular flexibility index (Phi) is 3.65. The van der Waals surface area contributed by atoms with Gasteiger partial charge in [0.15, 0.2) is 11.5 Å². The molecule has 6 nitrogen and oxygen atoms in total. The summed E-state index contributed by atoms with van der Waals surface area (Å²) in [4.78, 5) is 13.8. The summed E-state index contributed by atoms with van der Waals surface area (Å²) in [6.07, 6.45) is 0. The molecule has 6 heteroatoms. The largest absolute Gasteiger partial charge is 0.305 e. The Morgan fingerprint density at radius 1 is 1.00 bits per heavy atom. The molecule has 4 aromatic rings. The molecular weight excluding hydrogens is 314 g/mol. The molecule has 2 heterocycles. The summed E-state index contributed by atoms with van der Waals surface area (Å²) in [6, 6.07) is 17.5. The van der Waals surface area contributed by atoms with Gasteiger partial charge in [0, 0.05) is 23.4 Å². The first-order valence-corrected chi connectivity index (χ1v) is 8.08. The number of fused-ring (bicyclic) bond motifs is 3. The van der Waals surface area contributed by atoms with E-state index in [1.165, 1.54) is 0 Å². The topological polar surface area (TPSA) is 63.4 Å². The van der Waals surface area contributed by atoms with Crippen molar-refractivity contribution in [2.24, 2.45) is 0 Å². The Labute approximate surface area is 144 Å². The van der Waals surface area contributed by atoms with Crippen LogP contribution in [0.3, 0.4) is 0 Å². The Morgan fingerprint density at radius 3 is 2.40 bits per heavy atom. The molecule has 0 fully saturated rings. The smallest absolute Gasteiger partial charge is 0.224 e. The van der Waals surface area contributed by atoms with E-state index in [0.29, 0.717) is 18.0 Å². The second-order valence-corrected chi connectivity index (χ2v) is 5.92. The van der Waals surface area contributed by atoms with Crippen molar-refractivity contribution in [3.63, 3.8) is 0 Å². The Bertz CT molecular complexity index is 1070. The Morgan fingerprint density at radius 2 is 1.68 bits per heavy atom. The van der Waals surface area contributed by atoms with Gasteiger partial charge in [-0.15, -0.1) is 10.2 Å². The number of benzene rings is 2. The van der Waals surface area contributed by atoms with Crippen LogP contribution in [-0.2, 0) is 11.3 Å². The number of nitrogens with zero attached hydrogens (tertiary/aromatic N) is 5. The van der Waals surface area contributed by atoms with Gasteiger partial charge in [0.05, 0.1) is 12.2 Å². The third kappa shape index (κ3) is 2.61. The van der Waals surface area contributed by atoms with Crippen molar-refractivity contribution in [1.29, 1.82) is 0 Å². The van der Waals surface area contributed by atoms with Gasteiger partial charge in [0.2, 0.25) is 5.91 Å². The molecule has 0 unspecified atom stereocenters. The first-order valence-electron chi connectivity index (χ1n) is 8.08. The zero-order chi connectivity index (χ0) is 17.4. The number of carbonyl (C=O) groups excluding carboxylic acids is 1. The van der Waals surface area contributed by atoms with Gasteiger partial charge in [0.1, 0.15) is 0 Å². The molecule has 4 rings (SSSR count). The van der Waals surface area contributed by atoms with E-state index < -0.39 is 0 Å². The van der Waals surface area contributed by atoms with Crippen LogP contribution in [-0.4, -0.2) is 25.7 Å². The van der Waals surface area contributed by atoms with Gasteiger partial charge in [-0.1, -0.05) is 42.5 Å². The quantitative estimate of drug-likeness (QED) is 0.578. The normalized spacial score (nSPS) is 11.1. The number of anilines is 1. The van der Waals surface area contributed by atoms with Gasteiger partial charge in [0.25, 0.3) is 0 Å². The highest BCUT2D eigenvalue weighted by Crippen LogP contribution is 2.22. The number of amides is 1. The number of hydrogen-bond donors (Lipinski definition) is 0. The number of carbonyl (C=O) groups is 1. The lowest BCUT2D eigenvalue weighted by Crippen LogP contribution is -2.29. The van der Waals surface area contributed by atoms with E-state index in [1.54, 1.807) is 16.3 Å². The van der Waals surface area contributed by atoms with Crippen molar-refractivity contribution in [3.05, 3.63) is 66.1 Å². The molecule has 0 spiro atoms. The number of aromatic nitrogens is 4. The Balaban J connectivity index is 1.83. The standard InChI is InChI=1S/C19H17N5O/c1-13-16-10-6-7-11-17(16)19-21-20-18(24(19)22-13)12-23(14(2)25)15-8-4-3-5-9-15/h3-11H,12H2,1-2H3. The van der Waals surface area contributed by atoms with Gasteiger partial charge in [-0.25, -0.2) is 0 Å². The van der Waals surface area contributed by atoms with Gasteiger partial charge >= 0.3 is 0 Å². The van der Waals surface area contributed by atoms with Crippen LogP contribution in [0.5, 0.6) is 0 Å². The minimum Gasteiger partial charge on any atom is -0.305 e. The van der Waals surface area contributed by atoms with Crippen LogP contribution < -0.4 is 4.90 Å². The fraction of sp³-hybridized carbons (Fsp3) is 0.158. The monoisotopic (exact) mass is 331 g/mol. The van der Waals surface area contributed by atoms with E-state index in [9.17, 15) is 4.79 Å². The molecule has 2 aromatic heterocycles. The van der Waals surface area contributed by atoms with E-state index in [0.717, 1.165) is 22.2 Å². The molecule has 0 aliphatic carbocycles. The molecule has 0 saturated carbocycles. The average molecular weight is 331 g/mol. The predicted molar refractivity (Wildman–Crippen MR) is 96.3 cm³/mol. The van der Waals surface area contributed by atoms with Crippen LogP contribution in [0.4, 0.5) is 5.69 Å². The van der Waals surface area contributed by atoms with Crippen LogP contribution in [0.25, 0.3) is 16.4 Å². The van der Waals surface area contributed by atoms with Crippen LogP contribution in [0.15, 0.2) is 54.6 Å². The molecule has 0 atom stereocenters. The van der Waals surface area contributed by atoms with Gasteiger partial charge < -0.3 is 4.90 Å². The molecule has 0 N–H and O–H groups in total. The maximum Gasteiger partial charge on any atom is 0.224 e. The summed E-state index contributed by atoms with van der Waals surface area (Å²) in [5.41, 5.74) is 2.43. The maximum absolute atomic E-state index is 12.1. The Hall–Kier alpha value is -3.28. The van der Waals surface area contributed by atoms with E-state index in [4.69, 9.17) is 0 Å². The maximum atomic E-state index is 12.1. The van der Waals surface area contributed by atoms with Crippen LogP contribution >= 0.6 is 0 Å². The summed E-state index contributed by atoms with van der Waals surface area (Å²) in [6.45, 7) is 3.82. The lowest BCUT2D eigenvalue weighted by Gasteiger charge is -2.20. The van der Waals surface area contributed by atoms with Gasteiger partial charge in [-0.3, -0.25) is 4.79 Å². The highest BCUT2D eigenvalue weighted by atomic mass is 16.2. The van der Waals surface area contributed by atoms with Gasteiger partial charge in [-0.2, -0.15) is 9.61 Å². The fourth-order valence-corrected chi connectivity index (χ4v) is 3.01. The third-order valence-electron chi connectivity index (χ3n) is 4.26. The van der Waals surface area contributed by atoms with Crippen LogP contribution in [0.1, 0.15) is 18.4 Å². The highest BCUT2D eigenvalue weighted by molar-refractivity contribution is 5.95. The minimum atomic E-state index is -0.0551. The molecule has 124 valence electrons. The molecule has 0 saturated heterocycles. The first kappa shape index (κ1) is 15.3. The predicted octanol–water partition coefficient (Wildman–Crippen LogP) is 3.14. The van der Waals surface area contributed by atoms with E-state index in [1.807, 2.05) is 61.5 Å². The molecular formula is C19H17N5O. The van der Waals surface area contributed by atoms with Crippen LogP contribution in [0, 0.1) is 6.92 Å². The second-order valence-electron chi connectivity index (χ2n) is 5.92. The van der Waals surface area contributed by atoms with Crippen molar-refractivity contribution >= 4 is 28.0 Å². The van der Waals surface area contributed by atoms with E-state index in [2.05, 4.69) is 15.3 Å². The molecule has 0 bridgehead atoms. The molecule has 2 aromatic carbocycles. The second kappa shape index (κ2) is 5.98.